The van der Waals surface area contributed by atoms with Crippen molar-refractivity contribution in [3.63, 3.8) is 0 Å². The molecule has 2 aromatic rings. The summed E-state index contributed by atoms with van der Waals surface area (Å²) in [7, 11) is 0. The zero-order chi connectivity index (χ0) is 15.2. The Kier molecular flexibility index (Phi) is 6.93. The fourth-order valence-electron chi connectivity index (χ4n) is 2.67. The van der Waals surface area contributed by atoms with Crippen molar-refractivity contribution in [2.75, 3.05) is 0 Å². The number of rotatable bonds is 7. The second-order valence-corrected chi connectivity index (χ2v) is 8.49. The van der Waals surface area contributed by atoms with Gasteiger partial charge in [0.2, 0.25) is 0 Å². The maximum Gasteiger partial charge on any atom is 0.0843 e. The lowest BCUT2D eigenvalue weighted by Gasteiger charge is -2.27. The second kappa shape index (κ2) is 8.47. The van der Waals surface area contributed by atoms with E-state index in [1.807, 2.05) is 0 Å². The first kappa shape index (κ1) is 17.2. The van der Waals surface area contributed by atoms with Gasteiger partial charge in [-0.1, -0.05) is 57.0 Å². The highest BCUT2D eigenvalue weighted by atomic mass is 79.9. The molecular formula is C17H21Br2NS. The summed E-state index contributed by atoms with van der Waals surface area (Å²) in [4.78, 5) is 1.35. The summed E-state index contributed by atoms with van der Waals surface area (Å²) in [6.45, 7) is 5.47. The molecule has 4 heteroatoms. The Hall–Kier alpha value is -0.160. The number of hydrogen-bond acceptors (Lipinski definition) is 2. The zero-order valence-corrected chi connectivity index (χ0v) is 16.4. The average molecular weight is 431 g/mol. The number of thiophene rings is 1. The van der Waals surface area contributed by atoms with E-state index in [-0.39, 0.29) is 0 Å². The van der Waals surface area contributed by atoms with Crippen LogP contribution in [0.2, 0.25) is 0 Å². The molecule has 0 amide bonds. The van der Waals surface area contributed by atoms with Crippen molar-refractivity contribution in [3.8, 4) is 0 Å². The van der Waals surface area contributed by atoms with E-state index in [9.17, 15) is 0 Å². The Labute approximate surface area is 148 Å². The minimum Gasteiger partial charge on any atom is -0.305 e. The molecule has 2 rings (SSSR count). The maximum atomic E-state index is 3.76. The molecule has 1 heterocycles. The second-order valence-electron chi connectivity index (χ2n) is 5.18. The summed E-state index contributed by atoms with van der Waals surface area (Å²) in [5.74, 6) is 0.666. The SMILES string of the molecule is CCC(CC)C(NCc1cc(Br)c(Br)s1)c1ccccc1. The van der Waals surface area contributed by atoms with Crippen LogP contribution in [0.3, 0.4) is 0 Å². The molecule has 1 unspecified atom stereocenters. The van der Waals surface area contributed by atoms with Gasteiger partial charge in [-0.2, -0.15) is 0 Å². The predicted octanol–water partition coefficient (Wildman–Crippen LogP) is 6.54. The molecule has 0 radical (unpaired) electrons. The van der Waals surface area contributed by atoms with Crippen molar-refractivity contribution < 1.29 is 0 Å². The Balaban J connectivity index is 2.12. The van der Waals surface area contributed by atoms with Gasteiger partial charge in [0.15, 0.2) is 0 Å². The molecule has 114 valence electrons. The van der Waals surface area contributed by atoms with Crippen LogP contribution in [0.25, 0.3) is 0 Å². The third-order valence-corrected chi connectivity index (χ3v) is 7.13. The van der Waals surface area contributed by atoms with Gasteiger partial charge in [-0.25, -0.2) is 0 Å². The van der Waals surface area contributed by atoms with Crippen LogP contribution in [0.5, 0.6) is 0 Å². The Morgan fingerprint density at radius 2 is 1.76 bits per heavy atom. The van der Waals surface area contributed by atoms with Crippen LogP contribution >= 0.6 is 43.2 Å². The third kappa shape index (κ3) is 4.65. The fraction of sp³-hybridized carbons (Fsp3) is 0.412. The zero-order valence-electron chi connectivity index (χ0n) is 12.4. The maximum absolute atomic E-state index is 3.76. The summed E-state index contributed by atoms with van der Waals surface area (Å²) >= 11 is 8.91. The van der Waals surface area contributed by atoms with Crippen LogP contribution < -0.4 is 5.32 Å². The first-order valence-electron chi connectivity index (χ1n) is 7.37. The molecule has 0 saturated carbocycles. The van der Waals surface area contributed by atoms with Gasteiger partial charge in [-0.3, -0.25) is 0 Å². The summed E-state index contributed by atoms with van der Waals surface area (Å²) in [6.07, 6.45) is 2.39. The molecule has 1 aromatic carbocycles. The van der Waals surface area contributed by atoms with Gasteiger partial charge in [0, 0.05) is 21.9 Å². The highest BCUT2D eigenvalue weighted by molar-refractivity contribution is 9.13. The van der Waals surface area contributed by atoms with Crippen molar-refractivity contribution in [1.82, 2.24) is 5.32 Å². The van der Waals surface area contributed by atoms with Crippen molar-refractivity contribution in [3.05, 3.63) is 55.1 Å². The Morgan fingerprint density at radius 3 is 2.29 bits per heavy atom. The highest BCUT2D eigenvalue weighted by Crippen LogP contribution is 2.33. The van der Waals surface area contributed by atoms with Gasteiger partial charge in [0.1, 0.15) is 0 Å². The molecule has 0 aliphatic heterocycles. The van der Waals surface area contributed by atoms with Crippen LogP contribution in [0.4, 0.5) is 0 Å². The minimum absolute atomic E-state index is 0.417. The molecule has 1 atom stereocenters. The molecule has 21 heavy (non-hydrogen) atoms. The predicted molar refractivity (Wildman–Crippen MR) is 99.8 cm³/mol. The Bertz CT molecular complexity index is 530. The van der Waals surface area contributed by atoms with E-state index in [1.54, 1.807) is 11.3 Å². The Morgan fingerprint density at radius 1 is 1.10 bits per heavy atom. The summed E-state index contributed by atoms with van der Waals surface area (Å²) in [5.41, 5.74) is 1.39. The number of benzene rings is 1. The van der Waals surface area contributed by atoms with Gasteiger partial charge in [0.25, 0.3) is 0 Å². The van der Waals surface area contributed by atoms with E-state index >= 15 is 0 Å². The van der Waals surface area contributed by atoms with Gasteiger partial charge in [-0.15, -0.1) is 11.3 Å². The van der Waals surface area contributed by atoms with Gasteiger partial charge in [0.05, 0.1) is 3.79 Å². The molecule has 0 saturated heterocycles. The molecule has 0 fully saturated rings. The van der Waals surface area contributed by atoms with Crippen molar-refractivity contribution >= 4 is 43.2 Å². The van der Waals surface area contributed by atoms with Crippen molar-refractivity contribution in [1.29, 1.82) is 0 Å². The third-order valence-electron chi connectivity index (χ3n) is 3.87. The van der Waals surface area contributed by atoms with Gasteiger partial charge >= 0.3 is 0 Å². The molecule has 0 aliphatic carbocycles. The molecule has 0 aliphatic rings. The monoisotopic (exact) mass is 429 g/mol. The van der Waals surface area contributed by atoms with E-state index in [2.05, 4.69) is 87.4 Å². The summed E-state index contributed by atoms with van der Waals surface area (Å²) < 4.78 is 2.31. The normalized spacial score (nSPS) is 12.8. The van der Waals surface area contributed by atoms with Crippen LogP contribution in [0, 0.1) is 5.92 Å². The van der Waals surface area contributed by atoms with E-state index < -0.39 is 0 Å². The van der Waals surface area contributed by atoms with E-state index in [0.29, 0.717) is 12.0 Å². The number of halogens is 2. The fourth-order valence-corrected chi connectivity index (χ4v) is 4.79. The molecular weight excluding hydrogens is 410 g/mol. The standard InChI is InChI=1S/C17H21Br2NS/c1-3-12(4-2)16(13-8-6-5-7-9-13)20-11-14-10-15(18)17(19)21-14/h5-10,12,16,20H,3-4,11H2,1-2H3. The summed E-state index contributed by atoms with van der Waals surface area (Å²) in [6, 6.07) is 13.4. The van der Waals surface area contributed by atoms with Crippen LogP contribution in [-0.2, 0) is 6.54 Å². The molecule has 0 bridgehead atoms. The number of nitrogens with one attached hydrogen (secondary N) is 1. The van der Waals surface area contributed by atoms with Crippen LogP contribution in [0.1, 0.15) is 43.2 Å². The highest BCUT2D eigenvalue weighted by Gasteiger charge is 2.20. The first-order valence-corrected chi connectivity index (χ1v) is 9.78. The topological polar surface area (TPSA) is 12.0 Å². The van der Waals surface area contributed by atoms with Gasteiger partial charge in [-0.05, 0) is 49.4 Å². The minimum atomic E-state index is 0.417. The van der Waals surface area contributed by atoms with Gasteiger partial charge < -0.3 is 5.32 Å². The molecule has 0 spiro atoms. The van der Waals surface area contributed by atoms with Crippen molar-refractivity contribution in [2.45, 2.75) is 39.3 Å². The quantitative estimate of drug-likeness (QED) is 0.525. The molecule has 1 nitrogen and oxygen atoms in total. The lowest BCUT2D eigenvalue weighted by molar-refractivity contribution is 0.340. The van der Waals surface area contributed by atoms with E-state index in [1.165, 1.54) is 23.3 Å². The summed E-state index contributed by atoms with van der Waals surface area (Å²) in [5, 5.41) is 3.76. The number of hydrogen-bond donors (Lipinski definition) is 1. The lowest BCUT2D eigenvalue weighted by Crippen LogP contribution is -2.27. The lowest BCUT2D eigenvalue weighted by atomic mass is 9.89. The van der Waals surface area contributed by atoms with E-state index in [0.717, 1.165) is 14.8 Å². The van der Waals surface area contributed by atoms with Crippen molar-refractivity contribution in [2.24, 2.45) is 5.92 Å². The smallest absolute Gasteiger partial charge is 0.0843 e. The first-order chi connectivity index (χ1) is 10.2. The van der Waals surface area contributed by atoms with Crippen LogP contribution in [0.15, 0.2) is 44.7 Å². The average Bonchev–Trinajstić information content (AvgIpc) is 2.83. The van der Waals surface area contributed by atoms with E-state index in [4.69, 9.17) is 0 Å². The van der Waals surface area contributed by atoms with Crippen LogP contribution in [-0.4, -0.2) is 0 Å². The largest absolute Gasteiger partial charge is 0.305 e. The molecule has 1 aromatic heterocycles. The molecule has 1 N–H and O–H groups in total.